The number of carbonyl (C=O) groups excluding carboxylic acids is 1. The van der Waals surface area contributed by atoms with Gasteiger partial charge in [0.25, 0.3) is 0 Å². The number of hydrogen-bond acceptors (Lipinski definition) is 2. The van der Waals surface area contributed by atoms with E-state index in [1.54, 1.807) is 0 Å². The largest absolute Gasteiger partial charge is 0.444 e. The van der Waals surface area contributed by atoms with Gasteiger partial charge < -0.3 is 10.1 Å². The van der Waals surface area contributed by atoms with E-state index in [1.807, 2.05) is 20.8 Å². The molecule has 0 aromatic heterocycles. The number of ether oxygens (including phenoxy) is 1. The molecule has 1 aromatic rings. The molecule has 0 spiro atoms. The second-order valence-corrected chi connectivity index (χ2v) is 6.89. The van der Waals surface area contributed by atoms with Gasteiger partial charge >= 0.3 is 6.09 Å². The van der Waals surface area contributed by atoms with Crippen LogP contribution in [0.4, 0.5) is 4.79 Å². The van der Waals surface area contributed by atoms with Gasteiger partial charge in [-0.1, -0.05) is 22.0 Å². The van der Waals surface area contributed by atoms with Crippen molar-refractivity contribution >= 4 is 22.0 Å². The number of amides is 1. The molecule has 1 N–H and O–H groups in total. The van der Waals surface area contributed by atoms with Crippen molar-refractivity contribution in [3.05, 3.63) is 33.3 Å². The van der Waals surface area contributed by atoms with E-state index in [-0.39, 0.29) is 12.1 Å². The van der Waals surface area contributed by atoms with Crippen LogP contribution in [0.5, 0.6) is 0 Å². The van der Waals surface area contributed by atoms with Crippen LogP contribution in [0.3, 0.4) is 0 Å². The average Bonchev–Trinajstić information content (AvgIpc) is 2.59. The minimum Gasteiger partial charge on any atom is -0.444 e. The van der Waals surface area contributed by atoms with Gasteiger partial charge in [-0.05, 0) is 63.3 Å². The maximum absolute atomic E-state index is 11.8. The maximum atomic E-state index is 11.8. The van der Waals surface area contributed by atoms with E-state index in [1.165, 1.54) is 16.7 Å². The average molecular weight is 326 g/mol. The van der Waals surface area contributed by atoms with Crippen molar-refractivity contribution in [1.82, 2.24) is 5.32 Å². The molecular weight excluding hydrogens is 306 g/mol. The summed E-state index contributed by atoms with van der Waals surface area (Å²) in [7, 11) is 0. The summed E-state index contributed by atoms with van der Waals surface area (Å²) >= 11 is 3.55. The Balaban J connectivity index is 2.11. The fraction of sp³-hybridized carbons (Fsp3) is 0.533. The Hall–Kier alpha value is -1.03. The van der Waals surface area contributed by atoms with Crippen molar-refractivity contribution in [1.29, 1.82) is 0 Å². The van der Waals surface area contributed by atoms with Crippen LogP contribution in [-0.4, -0.2) is 11.7 Å². The van der Waals surface area contributed by atoms with Gasteiger partial charge in [0.1, 0.15) is 5.60 Å². The highest BCUT2D eigenvalue weighted by atomic mass is 79.9. The highest BCUT2D eigenvalue weighted by Gasteiger charge is 2.26. The van der Waals surface area contributed by atoms with Crippen molar-refractivity contribution in [3.8, 4) is 0 Å². The minimum atomic E-state index is -0.457. The van der Waals surface area contributed by atoms with Crippen LogP contribution in [-0.2, 0) is 11.2 Å². The first-order valence-electron chi connectivity index (χ1n) is 6.55. The van der Waals surface area contributed by atoms with Crippen LogP contribution >= 0.6 is 15.9 Å². The first kappa shape index (κ1) is 14.4. The van der Waals surface area contributed by atoms with Crippen molar-refractivity contribution < 1.29 is 9.53 Å². The first-order chi connectivity index (χ1) is 8.76. The number of halogens is 1. The van der Waals surface area contributed by atoms with E-state index in [4.69, 9.17) is 4.74 Å². The smallest absolute Gasteiger partial charge is 0.408 e. The number of benzene rings is 1. The summed E-state index contributed by atoms with van der Waals surface area (Å²) in [5, 5.41) is 2.96. The summed E-state index contributed by atoms with van der Waals surface area (Å²) in [5.41, 5.74) is 3.25. The second-order valence-electron chi connectivity index (χ2n) is 6.04. The number of alkyl carbamates (subject to hydrolysis) is 1. The minimum absolute atomic E-state index is 0.0663. The van der Waals surface area contributed by atoms with E-state index >= 15 is 0 Å². The first-order valence-corrected chi connectivity index (χ1v) is 7.34. The summed E-state index contributed by atoms with van der Waals surface area (Å²) in [6, 6.07) is 4.37. The molecule has 4 heteroatoms. The predicted molar refractivity (Wildman–Crippen MR) is 79.3 cm³/mol. The molecular formula is C15H20BrNO2. The summed E-state index contributed by atoms with van der Waals surface area (Å²) in [5.74, 6) is 0. The Bertz CT molecular complexity index is 506. The number of aryl methyl sites for hydroxylation is 2. The summed E-state index contributed by atoms with van der Waals surface area (Å²) < 4.78 is 6.44. The molecule has 0 radical (unpaired) electrons. The molecule has 1 atom stereocenters. The SMILES string of the molecule is Cc1cc2c(cc1Br)CCC2NC(=O)OC(C)(C)C. The quantitative estimate of drug-likeness (QED) is 0.837. The van der Waals surface area contributed by atoms with Crippen molar-refractivity contribution in [2.75, 3.05) is 0 Å². The molecule has 0 aliphatic heterocycles. The fourth-order valence-electron chi connectivity index (χ4n) is 2.34. The van der Waals surface area contributed by atoms with Gasteiger partial charge in [-0.15, -0.1) is 0 Å². The van der Waals surface area contributed by atoms with E-state index in [0.717, 1.165) is 17.3 Å². The summed E-state index contributed by atoms with van der Waals surface area (Å²) in [6.07, 6.45) is 1.59. The van der Waals surface area contributed by atoms with Gasteiger partial charge in [0.15, 0.2) is 0 Å². The Morgan fingerprint density at radius 3 is 2.74 bits per heavy atom. The lowest BCUT2D eigenvalue weighted by atomic mass is 10.1. The van der Waals surface area contributed by atoms with Crippen molar-refractivity contribution in [3.63, 3.8) is 0 Å². The van der Waals surface area contributed by atoms with Gasteiger partial charge in [0.2, 0.25) is 0 Å². The molecule has 3 nitrogen and oxygen atoms in total. The van der Waals surface area contributed by atoms with Crippen LogP contribution in [0, 0.1) is 6.92 Å². The van der Waals surface area contributed by atoms with Crippen molar-refractivity contribution in [2.45, 2.75) is 52.2 Å². The molecule has 1 amide bonds. The third-order valence-corrected chi connectivity index (χ3v) is 4.04. The van der Waals surface area contributed by atoms with E-state index in [2.05, 4.69) is 40.3 Å². The predicted octanol–water partition coefficient (Wildman–Crippen LogP) is 4.27. The maximum Gasteiger partial charge on any atom is 0.408 e. The van der Waals surface area contributed by atoms with E-state index < -0.39 is 5.60 Å². The lowest BCUT2D eigenvalue weighted by molar-refractivity contribution is 0.0503. The van der Waals surface area contributed by atoms with Crippen LogP contribution in [0.1, 0.15) is 49.9 Å². The lowest BCUT2D eigenvalue weighted by Gasteiger charge is -2.22. The Kier molecular flexibility index (Phi) is 3.90. The molecule has 0 bridgehead atoms. The Morgan fingerprint density at radius 1 is 1.42 bits per heavy atom. The molecule has 1 aliphatic rings. The number of hydrogen-bond donors (Lipinski definition) is 1. The highest BCUT2D eigenvalue weighted by Crippen LogP contribution is 2.34. The number of fused-ring (bicyclic) bond motifs is 1. The molecule has 0 heterocycles. The highest BCUT2D eigenvalue weighted by molar-refractivity contribution is 9.10. The lowest BCUT2D eigenvalue weighted by Crippen LogP contribution is -2.34. The molecule has 2 rings (SSSR count). The Labute approximate surface area is 122 Å². The van der Waals surface area contributed by atoms with Gasteiger partial charge in [-0.2, -0.15) is 0 Å². The monoisotopic (exact) mass is 325 g/mol. The van der Waals surface area contributed by atoms with Gasteiger partial charge in [0, 0.05) is 4.47 Å². The zero-order valence-electron chi connectivity index (χ0n) is 11.8. The summed E-state index contributed by atoms with van der Waals surface area (Å²) in [4.78, 5) is 11.8. The van der Waals surface area contributed by atoms with Gasteiger partial charge in [-0.3, -0.25) is 0 Å². The van der Waals surface area contributed by atoms with Crippen LogP contribution in [0.2, 0.25) is 0 Å². The topological polar surface area (TPSA) is 38.3 Å². The molecule has 0 fully saturated rings. The Morgan fingerprint density at radius 2 is 2.11 bits per heavy atom. The van der Waals surface area contributed by atoms with Crippen LogP contribution < -0.4 is 5.32 Å². The molecule has 1 aliphatic carbocycles. The number of carbonyl (C=O) groups is 1. The molecule has 0 saturated heterocycles. The normalized spacial score (nSPS) is 18.1. The van der Waals surface area contributed by atoms with E-state index in [0.29, 0.717) is 0 Å². The van der Waals surface area contributed by atoms with Crippen LogP contribution in [0.25, 0.3) is 0 Å². The molecule has 104 valence electrons. The molecule has 1 aromatic carbocycles. The van der Waals surface area contributed by atoms with Gasteiger partial charge in [0.05, 0.1) is 6.04 Å². The number of nitrogens with one attached hydrogen (secondary N) is 1. The fourth-order valence-corrected chi connectivity index (χ4v) is 2.73. The van der Waals surface area contributed by atoms with Crippen molar-refractivity contribution in [2.24, 2.45) is 0 Å². The second kappa shape index (κ2) is 5.16. The van der Waals surface area contributed by atoms with Crippen LogP contribution in [0.15, 0.2) is 16.6 Å². The molecule has 0 saturated carbocycles. The zero-order valence-corrected chi connectivity index (χ0v) is 13.4. The number of rotatable bonds is 1. The zero-order chi connectivity index (χ0) is 14.2. The molecule has 19 heavy (non-hydrogen) atoms. The third kappa shape index (κ3) is 3.50. The summed E-state index contributed by atoms with van der Waals surface area (Å²) in [6.45, 7) is 7.68. The molecule has 1 unspecified atom stereocenters. The standard InChI is InChI=1S/C15H20BrNO2/c1-9-7-11-10(8-12(9)16)5-6-13(11)17-14(18)19-15(2,3)4/h7-8,13H,5-6H2,1-4H3,(H,17,18). The van der Waals surface area contributed by atoms with Gasteiger partial charge in [-0.25, -0.2) is 4.79 Å². The van der Waals surface area contributed by atoms with E-state index in [9.17, 15) is 4.79 Å². The third-order valence-electron chi connectivity index (χ3n) is 3.19.